The van der Waals surface area contributed by atoms with Crippen molar-refractivity contribution in [3.8, 4) is 0 Å². The Morgan fingerprint density at radius 2 is 1.89 bits per heavy atom. The van der Waals surface area contributed by atoms with Gasteiger partial charge in [0.2, 0.25) is 0 Å². The van der Waals surface area contributed by atoms with Crippen LogP contribution in [0, 0.1) is 0 Å². The van der Waals surface area contributed by atoms with E-state index in [-0.39, 0.29) is 0 Å². The lowest BCUT2D eigenvalue weighted by Gasteiger charge is -2.17. The van der Waals surface area contributed by atoms with E-state index in [1.54, 1.807) is 6.92 Å². The summed E-state index contributed by atoms with van der Waals surface area (Å²) in [6.07, 6.45) is -2.65. The second-order valence-corrected chi connectivity index (χ2v) is 2.11. The van der Waals surface area contributed by atoms with Gasteiger partial charge in [-0.15, -0.1) is 0 Å². The van der Waals surface area contributed by atoms with Gasteiger partial charge >= 0.3 is 0 Å². The quantitative estimate of drug-likeness (QED) is 0.620. The van der Waals surface area contributed by atoms with Crippen LogP contribution in [-0.4, -0.2) is 30.6 Å². The molecule has 0 bridgehead atoms. The van der Waals surface area contributed by atoms with Gasteiger partial charge in [0.25, 0.3) is 0 Å². The maximum absolute atomic E-state index is 12.2. The average Bonchev–Trinajstić information content (AvgIpc) is 1.84. The second-order valence-electron chi connectivity index (χ2n) is 2.11. The summed E-state index contributed by atoms with van der Waals surface area (Å²) in [5.41, 5.74) is 0. The lowest BCUT2D eigenvalue weighted by atomic mass is 10.1. The molecule has 0 amide bonds. The summed E-state index contributed by atoms with van der Waals surface area (Å²) < 4.78 is 16.9. The number of ether oxygens (including phenoxy) is 1. The summed E-state index contributed by atoms with van der Waals surface area (Å²) in [7, 11) is 1.44. The number of methoxy groups -OCH3 is 1. The van der Waals surface area contributed by atoms with Crippen LogP contribution in [0.15, 0.2) is 0 Å². The van der Waals surface area contributed by atoms with Crippen LogP contribution >= 0.6 is 0 Å². The highest BCUT2D eigenvalue weighted by atomic mass is 19.1. The van der Waals surface area contributed by atoms with Crippen molar-refractivity contribution in [3.63, 3.8) is 0 Å². The summed E-state index contributed by atoms with van der Waals surface area (Å²) in [6, 6.07) is 0. The van der Waals surface area contributed by atoms with Gasteiger partial charge in [0, 0.05) is 7.11 Å². The minimum Gasteiger partial charge on any atom is -0.387 e. The first-order chi connectivity index (χ1) is 4.09. The van der Waals surface area contributed by atoms with Gasteiger partial charge in [-0.1, -0.05) is 0 Å². The topological polar surface area (TPSA) is 29.5 Å². The van der Waals surface area contributed by atoms with Crippen molar-refractivity contribution in [2.24, 2.45) is 0 Å². The molecule has 0 aromatic carbocycles. The van der Waals surface area contributed by atoms with Crippen molar-refractivity contribution in [3.05, 3.63) is 0 Å². The smallest absolute Gasteiger partial charge is 0.126 e. The van der Waals surface area contributed by atoms with E-state index in [1.807, 2.05) is 0 Å². The Bertz CT molecular complexity index is 75.5. The maximum atomic E-state index is 12.2. The third kappa shape index (κ3) is 2.77. The third-order valence-corrected chi connectivity index (χ3v) is 1.32. The molecular formula is C6H13FO2. The summed E-state index contributed by atoms with van der Waals surface area (Å²) in [4.78, 5) is 0. The summed E-state index contributed by atoms with van der Waals surface area (Å²) >= 11 is 0. The number of hydrogen-bond acceptors (Lipinski definition) is 2. The molecule has 9 heavy (non-hydrogen) atoms. The standard InChI is InChI=1S/C6H13FO2/c1-4(7)6(8)5(2)9-3/h4-6,8H,1-3H3. The van der Waals surface area contributed by atoms with Crippen LogP contribution in [0.2, 0.25) is 0 Å². The molecule has 3 heteroatoms. The monoisotopic (exact) mass is 136 g/mol. The first kappa shape index (κ1) is 8.85. The fourth-order valence-corrected chi connectivity index (χ4v) is 0.513. The van der Waals surface area contributed by atoms with Crippen LogP contribution in [0.3, 0.4) is 0 Å². The molecule has 0 aliphatic carbocycles. The molecule has 0 rings (SSSR count). The SMILES string of the molecule is COC(C)C(O)C(C)F. The van der Waals surface area contributed by atoms with Gasteiger partial charge in [-0.3, -0.25) is 0 Å². The lowest BCUT2D eigenvalue weighted by Crippen LogP contribution is -2.32. The summed E-state index contributed by atoms with van der Waals surface area (Å²) in [5, 5.41) is 8.89. The van der Waals surface area contributed by atoms with Crippen LogP contribution in [0.5, 0.6) is 0 Å². The number of hydrogen-bond donors (Lipinski definition) is 1. The third-order valence-electron chi connectivity index (χ3n) is 1.32. The van der Waals surface area contributed by atoms with Crippen LogP contribution in [-0.2, 0) is 4.74 Å². The predicted octanol–water partition coefficient (Wildman–Crippen LogP) is 0.740. The molecule has 56 valence electrons. The van der Waals surface area contributed by atoms with Crippen LogP contribution < -0.4 is 0 Å². The van der Waals surface area contributed by atoms with Gasteiger partial charge in [-0.05, 0) is 13.8 Å². The average molecular weight is 136 g/mol. The normalized spacial score (nSPS) is 21.0. The molecule has 0 aliphatic heterocycles. The van der Waals surface area contributed by atoms with Gasteiger partial charge in [0.05, 0.1) is 6.10 Å². The van der Waals surface area contributed by atoms with Crippen LogP contribution in [0.1, 0.15) is 13.8 Å². The fraction of sp³-hybridized carbons (Fsp3) is 1.00. The molecule has 0 aromatic rings. The van der Waals surface area contributed by atoms with Crippen molar-refractivity contribution in [1.82, 2.24) is 0 Å². The van der Waals surface area contributed by atoms with Crippen LogP contribution in [0.25, 0.3) is 0 Å². The molecule has 3 unspecified atom stereocenters. The van der Waals surface area contributed by atoms with Crippen LogP contribution in [0.4, 0.5) is 4.39 Å². The molecule has 0 aromatic heterocycles. The molecule has 0 radical (unpaired) electrons. The number of alkyl halides is 1. The zero-order valence-corrected chi connectivity index (χ0v) is 5.97. The first-order valence-corrected chi connectivity index (χ1v) is 2.94. The van der Waals surface area contributed by atoms with E-state index < -0.39 is 18.4 Å². The van der Waals surface area contributed by atoms with Crippen molar-refractivity contribution in [2.75, 3.05) is 7.11 Å². The Labute approximate surface area is 54.6 Å². The van der Waals surface area contributed by atoms with E-state index in [9.17, 15) is 4.39 Å². The summed E-state index contributed by atoms with van der Waals surface area (Å²) in [5.74, 6) is 0. The Kier molecular flexibility index (Phi) is 3.73. The molecule has 2 nitrogen and oxygen atoms in total. The molecule has 0 saturated heterocycles. The minimum absolute atomic E-state index is 0.426. The van der Waals surface area contributed by atoms with E-state index in [0.29, 0.717) is 0 Å². The number of halogens is 1. The Balaban J connectivity index is 3.58. The van der Waals surface area contributed by atoms with Crippen molar-refractivity contribution in [2.45, 2.75) is 32.2 Å². The number of aliphatic hydroxyl groups is 1. The fourth-order valence-electron chi connectivity index (χ4n) is 0.513. The molecule has 1 N–H and O–H groups in total. The first-order valence-electron chi connectivity index (χ1n) is 2.94. The van der Waals surface area contributed by atoms with E-state index in [1.165, 1.54) is 14.0 Å². The zero-order chi connectivity index (χ0) is 7.44. The van der Waals surface area contributed by atoms with Crippen molar-refractivity contribution >= 4 is 0 Å². The zero-order valence-electron chi connectivity index (χ0n) is 5.97. The Hall–Kier alpha value is -0.150. The van der Waals surface area contributed by atoms with Gasteiger partial charge < -0.3 is 9.84 Å². The van der Waals surface area contributed by atoms with E-state index >= 15 is 0 Å². The molecule has 0 heterocycles. The Morgan fingerprint density at radius 1 is 1.44 bits per heavy atom. The molecule has 0 spiro atoms. The predicted molar refractivity (Wildman–Crippen MR) is 33.0 cm³/mol. The van der Waals surface area contributed by atoms with Gasteiger partial charge in [-0.2, -0.15) is 0 Å². The van der Waals surface area contributed by atoms with E-state index in [4.69, 9.17) is 5.11 Å². The minimum atomic E-state index is -1.22. The highest BCUT2D eigenvalue weighted by Crippen LogP contribution is 2.04. The number of aliphatic hydroxyl groups excluding tert-OH is 1. The summed E-state index contributed by atoms with van der Waals surface area (Å²) in [6.45, 7) is 2.93. The van der Waals surface area contributed by atoms with Gasteiger partial charge in [-0.25, -0.2) is 4.39 Å². The lowest BCUT2D eigenvalue weighted by molar-refractivity contribution is -0.0360. The highest BCUT2D eigenvalue weighted by molar-refractivity contribution is 4.68. The Morgan fingerprint density at radius 3 is 2.00 bits per heavy atom. The maximum Gasteiger partial charge on any atom is 0.126 e. The second kappa shape index (κ2) is 3.80. The largest absolute Gasteiger partial charge is 0.387 e. The van der Waals surface area contributed by atoms with Crippen molar-refractivity contribution < 1.29 is 14.2 Å². The van der Waals surface area contributed by atoms with E-state index in [2.05, 4.69) is 4.74 Å². The molecular weight excluding hydrogens is 123 g/mol. The van der Waals surface area contributed by atoms with Gasteiger partial charge in [0.15, 0.2) is 0 Å². The number of rotatable bonds is 3. The molecule has 0 fully saturated rings. The molecule has 0 saturated carbocycles. The van der Waals surface area contributed by atoms with E-state index in [0.717, 1.165) is 0 Å². The van der Waals surface area contributed by atoms with Crippen molar-refractivity contribution in [1.29, 1.82) is 0 Å². The highest BCUT2D eigenvalue weighted by Gasteiger charge is 2.19. The molecule has 0 aliphatic rings. The van der Waals surface area contributed by atoms with Gasteiger partial charge in [0.1, 0.15) is 12.3 Å². The molecule has 3 atom stereocenters.